The van der Waals surface area contributed by atoms with Crippen molar-refractivity contribution in [1.82, 2.24) is 10.3 Å². The van der Waals surface area contributed by atoms with Crippen LogP contribution in [0.2, 0.25) is 5.02 Å². The van der Waals surface area contributed by atoms with Gasteiger partial charge in [0.15, 0.2) is 0 Å². The zero-order valence-electron chi connectivity index (χ0n) is 10.5. The van der Waals surface area contributed by atoms with Crippen LogP contribution in [0.1, 0.15) is 22.3 Å². The van der Waals surface area contributed by atoms with E-state index in [0.717, 1.165) is 22.0 Å². The highest BCUT2D eigenvalue weighted by atomic mass is 35.5. The minimum atomic E-state index is -0.0106. The summed E-state index contributed by atoms with van der Waals surface area (Å²) in [6.45, 7) is 2.00. The number of benzene rings is 1. The molecule has 0 saturated heterocycles. The molecule has 18 heavy (non-hydrogen) atoms. The third kappa shape index (κ3) is 2.66. The molecule has 0 saturated carbocycles. The number of aryl methyl sites for hydroxylation is 1. The molecule has 0 aliphatic heterocycles. The molecular formula is C13H15ClN2OS. The molecule has 0 aliphatic rings. The first-order valence-corrected chi connectivity index (χ1v) is 6.84. The van der Waals surface area contributed by atoms with Gasteiger partial charge < -0.3 is 10.1 Å². The van der Waals surface area contributed by atoms with Gasteiger partial charge in [0, 0.05) is 16.0 Å². The average Bonchev–Trinajstić information content (AvgIpc) is 2.77. The molecule has 1 N–H and O–H groups in total. The maximum Gasteiger partial charge on any atom is 0.124 e. The molecule has 0 radical (unpaired) electrons. The minimum Gasteiger partial charge on any atom is -0.496 e. The molecular weight excluding hydrogens is 268 g/mol. The standard InChI is InChI=1S/C13H15ClN2OS/c1-8-16-11(7-18-8)13(15-2)10-6-9(14)4-5-12(10)17-3/h4-7,13,15H,1-3H3. The molecule has 0 aliphatic carbocycles. The number of methoxy groups -OCH3 is 1. The molecule has 2 aromatic rings. The molecule has 0 spiro atoms. The molecule has 1 aromatic heterocycles. The fourth-order valence-corrected chi connectivity index (χ4v) is 2.73. The Morgan fingerprint density at radius 1 is 1.44 bits per heavy atom. The summed E-state index contributed by atoms with van der Waals surface area (Å²) in [4.78, 5) is 4.52. The molecule has 0 bridgehead atoms. The zero-order chi connectivity index (χ0) is 13.1. The maximum atomic E-state index is 6.07. The van der Waals surface area contributed by atoms with Gasteiger partial charge in [0.2, 0.25) is 0 Å². The summed E-state index contributed by atoms with van der Waals surface area (Å²) < 4.78 is 5.39. The van der Waals surface area contributed by atoms with Gasteiger partial charge in [0.25, 0.3) is 0 Å². The van der Waals surface area contributed by atoms with Crippen molar-refractivity contribution in [1.29, 1.82) is 0 Å². The highest BCUT2D eigenvalue weighted by molar-refractivity contribution is 7.09. The second-order valence-corrected chi connectivity index (χ2v) is 5.40. The van der Waals surface area contributed by atoms with Crippen molar-refractivity contribution in [2.75, 3.05) is 14.2 Å². The normalized spacial score (nSPS) is 12.4. The molecule has 0 fully saturated rings. The van der Waals surface area contributed by atoms with Crippen molar-refractivity contribution < 1.29 is 4.74 Å². The van der Waals surface area contributed by atoms with E-state index in [-0.39, 0.29) is 6.04 Å². The van der Waals surface area contributed by atoms with Gasteiger partial charge in [0.05, 0.1) is 23.9 Å². The first-order valence-electron chi connectivity index (χ1n) is 5.58. The van der Waals surface area contributed by atoms with E-state index in [4.69, 9.17) is 16.3 Å². The monoisotopic (exact) mass is 282 g/mol. The lowest BCUT2D eigenvalue weighted by Crippen LogP contribution is -2.18. The highest BCUT2D eigenvalue weighted by Gasteiger charge is 2.19. The van der Waals surface area contributed by atoms with Gasteiger partial charge in [-0.2, -0.15) is 0 Å². The van der Waals surface area contributed by atoms with Crippen molar-refractivity contribution >= 4 is 22.9 Å². The van der Waals surface area contributed by atoms with Gasteiger partial charge >= 0.3 is 0 Å². The second kappa shape index (κ2) is 5.69. The van der Waals surface area contributed by atoms with Crippen molar-refractivity contribution in [3.8, 4) is 5.75 Å². The lowest BCUT2D eigenvalue weighted by molar-refractivity contribution is 0.405. The number of rotatable bonds is 4. The minimum absolute atomic E-state index is 0.0106. The van der Waals surface area contributed by atoms with Gasteiger partial charge in [-0.15, -0.1) is 11.3 Å². The molecule has 1 heterocycles. The number of aromatic nitrogens is 1. The van der Waals surface area contributed by atoms with E-state index in [1.165, 1.54) is 0 Å². The van der Waals surface area contributed by atoms with Gasteiger partial charge in [-0.05, 0) is 32.2 Å². The van der Waals surface area contributed by atoms with E-state index in [1.807, 2.05) is 32.2 Å². The van der Waals surface area contributed by atoms with Crippen LogP contribution in [0.4, 0.5) is 0 Å². The second-order valence-electron chi connectivity index (χ2n) is 3.90. The highest BCUT2D eigenvalue weighted by Crippen LogP contribution is 2.32. The van der Waals surface area contributed by atoms with Crippen LogP contribution in [0.3, 0.4) is 0 Å². The number of nitrogens with zero attached hydrogens (tertiary/aromatic N) is 1. The first kappa shape index (κ1) is 13.3. The van der Waals surface area contributed by atoms with E-state index in [0.29, 0.717) is 5.02 Å². The number of hydrogen-bond acceptors (Lipinski definition) is 4. The Hall–Kier alpha value is -1.10. The first-order chi connectivity index (χ1) is 8.65. The lowest BCUT2D eigenvalue weighted by atomic mass is 10.0. The van der Waals surface area contributed by atoms with Crippen molar-refractivity contribution in [3.05, 3.63) is 44.9 Å². The zero-order valence-corrected chi connectivity index (χ0v) is 12.1. The summed E-state index contributed by atoms with van der Waals surface area (Å²) >= 11 is 7.70. The lowest BCUT2D eigenvalue weighted by Gasteiger charge is -2.18. The Morgan fingerprint density at radius 2 is 2.22 bits per heavy atom. The van der Waals surface area contributed by atoms with Crippen LogP contribution in [-0.2, 0) is 0 Å². The molecule has 1 unspecified atom stereocenters. The largest absolute Gasteiger partial charge is 0.496 e. The van der Waals surface area contributed by atoms with E-state index in [9.17, 15) is 0 Å². The van der Waals surface area contributed by atoms with Crippen molar-refractivity contribution in [3.63, 3.8) is 0 Å². The predicted octanol–water partition coefficient (Wildman–Crippen LogP) is 3.42. The van der Waals surface area contributed by atoms with E-state index in [1.54, 1.807) is 18.4 Å². The van der Waals surface area contributed by atoms with E-state index >= 15 is 0 Å². The number of ether oxygens (including phenoxy) is 1. The molecule has 3 nitrogen and oxygen atoms in total. The summed E-state index contributed by atoms with van der Waals surface area (Å²) in [5.74, 6) is 0.810. The van der Waals surface area contributed by atoms with Crippen LogP contribution >= 0.6 is 22.9 Å². The van der Waals surface area contributed by atoms with Crippen molar-refractivity contribution in [2.45, 2.75) is 13.0 Å². The Kier molecular flexibility index (Phi) is 4.22. The fourth-order valence-electron chi connectivity index (χ4n) is 1.91. The topological polar surface area (TPSA) is 34.2 Å². The Morgan fingerprint density at radius 3 is 2.78 bits per heavy atom. The Labute approximate surface area is 116 Å². The molecule has 1 aromatic carbocycles. The summed E-state index contributed by atoms with van der Waals surface area (Å²) in [5.41, 5.74) is 1.98. The Balaban J connectivity index is 2.47. The average molecular weight is 283 g/mol. The predicted molar refractivity (Wildman–Crippen MR) is 75.8 cm³/mol. The van der Waals surface area contributed by atoms with E-state index < -0.39 is 0 Å². The van der Waals surface area contributed by atoms with Gasteiger partial charge in [-0.25, -0.2) is 4.98 Å². The fraction of sp³-hybridized carbons (Fsp3) is 0.308. The van der Waals surface area contributed by atoms with Gasteiger partial charge in [0.1, 0.15) is 5.75 Å². The molecule has 2 rings (SSSR count). The summed E-state index contributed by atoms with van der Waals surface area (Å²) in [6, 6.07) is 5.60. The van der Waals surface area contributed by atoms with Crippen LogP contribution in [0.15, 0.2) is 23.6 Å². The van der Waals surface area contributed by atoms with Gasteiger partial charge in [-0.1, -0.05) is 11.6 Å². The van der Waals surface area contributed by atoms with Crippen LogP contribution in [0.25, 0.3) is 0 Å². The van der Waals surface area contributed by atoms with Crippen LogP contribution < -0.4 is 10.1 Å². The summed E-state index contributed by atoms with van der Waals surface area (Å²) in [6.07, 6.45) is 0. The third-order valence-corrected chi connectivity index (χ3v) is 3.75. The van der Waals surface area contributed by atoms with E-state index in [2.05, 4.69) is 15.7 Å². The quantitative estimate of drug-likeness (QED) is 0.933. The van der Waals surface area contributed by atoms with Crippen LogP contribution in [0, 0.1) is 6.92 Å². The number of thiazole rings is 1. The summed E-state index contributed by atoms with van der Waals surface area (Å²) in [7, 11) is 3.56. The number of hydrogen-bond donors (Lipinski definition) is 1. The smallest absolute Gasteiger partial charge is 0.124 e. The SMILES string of the molecule is CNC(c1csc(C)n1)c1cc(Cl)ccc1OC. The van der Waals surface area contributed by atoms with Gasteiger partial charge in [-0.3, -0.25) is 0 Å². The molecule has 5 heteroatoms. The number of halogens is 1. The van der Waals surface area contributed by atoms with Crippen LogP contribution in [-0.4, -0.2) is 19.1 Å². The van der Waals surface area contributed by atoms with Crippen molar-refractivity contribution in [2.24, 2.45) is 0 Å². The third-order valence-electron chi connectivity index (χ3n) is 2.72. The van der Waals surface area contributed by atoms with Crippen LogP contribution in [0.5, 0.6) is 5.75 Å². The maximum absolute atomic E-state index is 6.07. The molecule has 96 valence electrons. The molecule has 0 amide bonds. The Bertz CT molecular complexity index is 542. The summed E-state index contributed by atoms with van der Waals surface area (Å²) in [5, 5.41) is 7.05. The molecule has 1 atom stereocenters. The number of nitrogens with one attached hydrogen (secondary N) is 1.